The van der Waals surface area contributed by atoms with Crippen molar-refractivity contribution < 1.29 is 9.59 Å². The van der Waals surface area contributed by atoms with Crippen molar-refractivity contribution in [3.05, 3.63) is 35.9 Å². The normalized spacial score (nSPS) is 15.3. The van der Waals surface area contributed by atoms with Gasteiger partial charge in [-0.1, -0.05) is 43.7 Å². The van der Waals surface area contributed by atoms with Crippen molar-refractivity contribution in [3.63, 3.8) is 0 Å². The van der Waals surface area contributed by atoms with Crippen LogP contribution in [0.4, 0.5) is 0 Å². The van der Waals surface area contributed by atoms with E-state index in [1.807, 2.05) is 49.1 Å². The Morgan fingerprint density at radius 1 is 1.22 bits per heavy atom. The highest BCUT2D eigenvalue weighted by molar-refractivity contribution is 6.07. The van der Waals surface area contributed by atoms with Gasteiger partial charge in [-0.25, -0.2) is 0 Å². The second-order valence-corrected chi connectivity index (χ2v) is 6.70. The molecule has 1 fully saturated rings. The average molecular weight is 316 g/mol. The van der Waals surface area contributed by atoms with E-state index in [0.717, 1.165) is 18.4 Å². The summed E-state index contributed by atoms with van der Waals surface area (Å²) in [7, 11) is 0. The Bertz CT molecular complexity index is 536. The number of rotatable bonds is 8. The van der Waals surface area contributed by atoms with Crippen molar-refractivity contribution in [2.45, 2.75) is 59.0 Å². The zero-order chi connectivity index (χ0) is 16.9. The Balaban J connectivity index is 2.07. The SMILES string of the molecule is CCCCNC(=O)C1(C(=O)N(Cc2ccccc2)C(C)C)CC1. The molecule has 1 aromatic carbocycles. The van der Waals surface area contributed by atoms with Gasteiger partial charge >= 0.3 is 0 Å². The van der Waals surface area contributed by atoms with E-state index in [0.29, 0.717) is 25.9 Å². The molecule has 1 aromatic rings. The summed E-state index contributed by atoms with van der Waals surface area (Å²) in [5.41, 5.74) is 0.281. The Morgan fingerprint density at radius 2 is 1.87 bits per heavy atom. The second-order valence-electron chi connectivity index (χ2n) is 6.70. The van der Waals surface area contributed by atoms with E-state index < -0.39 is 5.41 Å². The molecular formula is C19H28N2O2. The van der Waals surface area contributed by atoms with E-state index in [4.69, 9.17) is 0 Å². The average Bonchev–Trinajstić information content (AvgIpc) is 3.34. The van der Waals surface area contributed by atoms with Crippen LogP contribution in [0.5, 0.6) is 0 Å². The molecule has 1 aliphatic rings. The topological polar surface area (TPSA) is 49.4 Å². The van der Waals surface area contributed by atoms with Crippen molar-refractivity contribution >= 4 is 11.8 Å². The van der Waals surface area contributed by atoms with E-state index in [9.17, 15) is 9.59 Å². The third-order valence-corrected chi connectivity index (χ3v) is 4.49. The lowest BCUT2D eigenvalue weighted by molar-refractivity contribution is -0.146. The number of unbranched alkanes of at least 4 members (excludes halogenated alkanes) is 1. The maximum atomic E-state index is 13.0. The third kappa shape index (κ3) is 4.12. The zero-order valence-corrected chi connectivity index (χ0v) is 14.5. The second kappa shape index (κ2) is 7.62. The molecule has 1 saturated carbocycles. The fourth-order valence-electron chi connectivity index (χ4n) is 2.75. The molecule has 1 aliphatic carbocycles. The predicted octanol–water partition coefficient (Wildman–Crippen LogP) is 3.12. The van der Waals surface area contributed by atoms with Gasteiger partial charge in [0.15, 0.2) is 0 Å². The van der Waals surface area contributed by atoms with Crippen molar-refractivity contribution in [1.82, 2.24) is 10.2 Å². The van der Waals surface area contributed by atoms with Crippen molar-refractivity contribution in [1.29, 1.82) is 0 Å². The highest BCUT2D eigenvalue weighted by Crippen LogP contribution is 2.48. The fraction of sp³-hybridized carbons (Fsp3) is 0.579. The molecule has 0 bridgehead atoms. The first-order chi connectivity index (χ1) is 11.0. The van der Waals surface area contributed by atoms with Crippen LogP contribution in [0.2, 0.25) is 0 Å². The van der Waals surface area contributed by atoms with E-state index in [1.165, 1.54) is 0 Å². The number of hydrogen-bond donors (Lipinski definition) is 1. The van der Waals surface area contributed by atoms with Gasteiger partial charge < -0.3 is 10.2 Å². The molecule has 0 aromatic heterocycles. The molecule has 0 atom stereocenters. The van der Waals surface area contributed by atoms with Gasteiger partial charge in [-0.2, -0.15) is 0 Å². The quantitative estimate of drug-likeness (QED) is 0.592. The maximum Gasteiger partial charge on any atom is 0.238 e. The number of carbonyl (C=O) groups excluding carboxylic acids is 2. The van der Waals surface area contributed by atoms with Crippen LogP contribution in [0.1, 0.15) is 52.0 Å². The van der Waals surface area contributed by atoms with Gasteiger partial charge in [0.25, 0.3) is 0 Å². The molecule has 23 heavy (non-hydrogen) atoms. The highest BCUT2D eigenvalue weighted by atomic mass is 16.2. The van der Waals surface area contributed by atoms with Gasteiger partial charge in [-0.3, -0.25) is 9.59 Å². The minimum atomic E-state index is -0.813. The lowest BCUT2D eigenvalue weighted by Gasteiger charge is -2.30. The van der Waals surface area contributed by atoms with Crippen LogP contribution < -0.4 is 5.32 Å². The van der Waals surface area contributed by atoms with E-state index in [-0.39, 0.29) is 17.9 Å². The minimum absolute atomic E-state index is 0.0228. The van der Waals surface area contributed by atoms with Crippen LogP contribution in [0.15, 0.2) is 30.3 Å². The summed E-state index contributed by atoms with van der Waals surface area (Å²) in [6.07, 6.45) is 3.32. The summed E-state index contributed by atoms with van der Waals surface area (Å²) in [4.78, 5) is 27.3. The maximum absolute atomic E-state index is 13.0. The number of nitrogens with zero attached hydrogens (tertiary/aromatic N) is 1. The smallest absolute Gasteiger partial charge is 0.238 e. The lowest BCUT2D eigenvalue weighted by Crippen LogP contribution is -2.47. The van der Waals surface area contributed by atoms with E-state index in [1.54, 1.807) is 0 Å². The molecule has 0 aliphatic heterocycles. The first kappa shape index (κ1) is 17.5. The van der Waals surface area contributed by atoms with Crippen LogP contribution in [0, 0.1) is 5.41 Å². The molecule has 0 saturated heterocycles. The van der Waals surface area contributed by atoms with Gasteiger partial charge in [0.1, 0.15) is 5.41 Å². The molecule has 4 heteroatoms. The summed E-state index contributed by atoms with van der Waals surface area (Å²) in [5.74, 6) is -0.111. The molecule has 0 spiro atoms. The van der Waals surface area contributed by atoms with Crippen LogP contribution in [-0.4, -0.2) is 29.3 Å². The Hall–Kier alpha value is -1.84. The summed E-state index contributed by atoms with van der Waals surface area (Å²) < 4.78 is 0. The number of hydrogen-bond acceptors (Lipinski definition) is 2. The van der Waals surface area contributed by atoms with Crippen LogP contribution >= 0.6 is 0 Å². The number of benzene rings is 1. The number of nitrogens with one attached hydrogen (secondary N) is 1. The van der Waals surface area contributed by atoms with Crippen molar-refractivity contribution in [2.24, 2.45) is 5.41 Å². The number of amides is 2. The Labute approximate surface area is 139 Å². The molecule has 2 rings (SSSR count). The molecule has 1 N–H and O–H groups in total. The van der Waals surface area contributed by atoms with Gasteiger partial charge in [0.05, 0.1) is 0 Å². The summed E-state index contributed by atoms with van der Waals surface area (Å²) in [5, 5.41) is 2.94. The fourth-order valence-corrected chi connectivity index (χ4v) is 2.75. The Kier molecular flexibility index (Phi) is 5.80. The molecule has 0 heterocycles. The Morgan fingerprint density at radius 3 is 2.39 bits per heavy atom. The van der Waals surface area contributed by atoms with Gasteiger partial charge in [0, 0.05) is 19.1 Å². The van der Waals surface area contributed by atoms with Crippen LogP contribution in [0.25, 0.3) is 0 Å². The molecule has 4 nitrogen and oxygen atoms in total. The summed E-state index contributed by atoms with van der Waals surface area (Å²) >= 11 is 0. The molecular weight excluding hydrogens is 288 g/mol. The van der Waals surface area contributed by atoms with Crippen LogP contribution in [0.3, 0.4) is 0 Å². The van der Waals surface area contributed by atoms with Gasteiger partial charge in [-0.15, -0.1) is 0 Å². The monoisotopic (exact) mass is 316 g/mol. The molecule has 126 valence electrons. The first-order valence-electron chi connectivity index (χ1n) is 8.64. The molecule has 2 amide bonds. The van der Waals surface area contributed by atoms with Crippen LogP contribution in [-0.2, 0) is 16.1 Å². The zero-order valence-electron chi connectivity index (χ0n) is 14.5. The first-order valence-corrected chi connectivity index (χ1v) is 8.64. The highest BCUT2D eigenvalue weighted by Gasteiger charge is 2.58. The summed E-state index contributed by atoms with van der Waals surface area (Å²) in [6, 6.07) is 10.0. The van der Waals surface area contributed by atoms with E-state index in [2.05, 4.69) is 12.2 Å². The largest absolute Gasteiger partial charge is 0.355 e. The molecule has 0 radical (unpaired) electrons. The minimum Gasteiger partial charge on any atom is -0.355 e. The molecule has 0 unspecified atom stereocenters. The van der Waals surface area contributed by atoms with Gasteiger partial charge in [-0.05, 0) is 38.7 Å². The standard InChI is InChI=1S/C19H28N2O2/c1-4-5-13-20-17(22)19(11-12-19)18(23)21(15(2)3)14-16-9-7-6-8-10-16/h6-10,15H,4-5,11-14H2,1-3H3,(H,20,22). The van der Waals surface area contributed by atoms with Gasteiger partial charge in [0.2, 0.25) is 11.8 Å². The predicted molar refractivity (Wildman–Crippen MR) is 91.7 cm³/mol. The third-order valence-electron chi connectivity index (χ3n) is 4.49. The summed E-state index contributed by atoms with van der Waals surface area (Å²) in [6.45, 7) is 7.31. The van der Waals surface area contributed by atoms with Crippen molar-refractivity contribution in [3.8, 4) is 0 Å². The lowest BCUT2D eigenvalue weighted by atomic mass is 10.0. The van der Waals surface area contributed by atoms with E-state index >= 15 is 0 Å². The number of carbonyl (C=O) groups is 2. The van der Waals surface area contributed by atoms with Crippen molar-refractivity contribution in [2.75, 3.05) is 6.54 Å².